The minimum Gasteiger partial charge on any atom is -0.444 e. The lowest BCUT2D eigenvalue weighted by Crippen LogP contribution is -2.50. The molecule has 0 spiro atoms. The van der Waals surface area contributed by atoms with Gasteiger partial charge in [-0.2, -0.15) is 0 Å². The SMILES string of the molecule is CN(CCO)c1ccncc1C1CN(C(=O)OC(C)(C)C)C1. The Balaban J connectivity index is 2.00. The number of aromatic nitrogens is 1. The molecule has 0 atom stereocenters. The van der Waals surface area contributed by atoms with Gasteiger partial charge in [-0.1, -0.05) is 0 Å². The number of likely N-dealkylation sites (N-methyl/N-ethyl adjacent to an activating group) is 1. The highest BCUT2D eigenvalue weighted by Gasteiger charge is 2.36. The van der Waals surface area contributed by atoms with E-state index in [1.54, 1.807) is 11.1 Å². The van der Waals surface area contributed by atoms with Gasteiger partial charge in [-0.05, 0) is 26.8 Å². The number of rotatable bonds is 4. The summed E-state index contributed by atoms with van der Waals surface area (Å²) < 4.78 is 5.37. The van der Waals surface area contributed by atoms with Gasteiger partial charge in [0.15, 0.2) is 0 Å². The lowest BCUT2D eigenvalue weighted by molar-refractivity contribution is 0.00820. The summed E-state index contributed by atoms with van der Waals surface area (Å²) in [6.07, 6.45) is 3.33. The summed E-state index contributed by atoms with van der Waals surface area (Å²) in [5.74, 6) is 0.261. The summed E-state index contributed by atoms with van der Waals surface area (Å²) in [6.45, 7) is 7.55. The van der Waals surface area contributed by atoms with Crippen molar-refractivity contribution in [1.82, 2.24) is 9.88 Å². The number of pyridine rings is 1. The van der Waals surface area contributed by atoms with Crippen molar-refractivity contribution in [1.29, 1.82) is 0 Å². The zero-order valence-electron chi connectivity index (χ0n) is 13.7. The normalized spacial score (nSPS) is 15.4. The van der Waals surface area contributed by atoms with E-state index in [-0.39, 0.29) is 18.6 Å². The Morgan fingerprint density at radius 3 is 2.77 bits per heavy atom. The molecule has 1 N–H and O–H groups in total. The Labute approximate surface area is 131 Å². The molecular weight excluding hydrogens is 282 g/mol. The van der Waals surface area contributed by atoms with Crippen molar-refractivity contribution in [3.05, 3.63) is 24.0 Å². The Kier molecular flexibility index (Phi) is 4.90. The quantitative estimate of drug-likeness (QED) is 0.919. The van der Waals surface area contributed by atoms with Crippen LogP contribution in [0.4, 0.5) is 10.5 Å². The summed E-state index contributed by atoms with van der Waals surface area (Å²) in [4.78, 5) is 19.9. The standard InChI is InChI=1S/C16H25N3O3/c1-16(2,3)22-15(21)19-10-12(11-19)13-9-17-6-5-14(13)18(4)7-8-20/h5-6,9,12,20H,7-8,10-11H2,1-4H3. The van der Waals surface area contributed by atoms with E-state index in [4.69, 9.17) is 9.84 Å². The third kappa shape index (κ3) is 3.88. The van der Waals surface area contributed by atoms with Crippen molar-refractivity contribution in [2.24, 2.45) is 0 Å². The lowest BCUT2D eigenvalue weighted by atomic mass is 9.91. The fraction of sp³-hybridized carbons (Fsp3) is 0.625. The van der Waals surface area contributed by atoms with Gasteiger partial charge in [0, 0.05) is 56.2 Å². The molecule has 0 aliphatic carbocycles. The number of aliphatic hydroxyl groups is 1. The van der Waals surface area contributed by atoms with Gasteiger partial charge >= 0.3 is 6.09 Å². The third-order valence-electron chi connectivity index (χ3n) is 3.65. The number of likely N-dealkylation sites (tertiary alicyclic amines) is 1. The second kappa shape index (κ2) is 6.52. The Hall–Kier alpha value is -1.82. The Bertz CT molecular complexity index is 522. The molecule has 2 rings (SSSR count). The maximum Gasteiger partial charge on any atom is 0.410 e. The minimum absolute atomic E-state index is 0.104. The van der Waals surface area contributed by atoms with Gasteiger partial charge < -0.3 is 19.6 Å². The average Bonchev–Trinajstić information content (AvgIpc) is 2.35. The van der Waals surface area contributed by atoms with Crippen molar-refractivity contribution >= 4 is 11.8 Å². The largest absolute Gasteiger partial charge is 0.444 e. The van der Waals surface area contributed by atoms with Crippen LogP contribution in [-0.4, -0.2) is 60.0 Å². The molecule has 0 saturated carbocycles. The number of amides is 1. The van der Waals surface area contributed by atoms with E-state index < -0.39 is 5.60 Å². The van der Waals surface area contributed by atoms with Gasteiger partial charge in [-0.25, -0.2) is 4.79 Å². The third-order valence-corrected chi connectivity index (χ3v) is 3.65. The average molecular weight is 307 g/mol. The molecule has 0 aromatic carbocycles. The van der Waals surface area contributed by atoms with E-state index in [0.717, 1.165) is 11.3 Å². The second-order valence-electron chi connectivity index (χ2n) is 6.66. The number of nitrogens with zero attached hydrogens (tertiary/aromatic N) is 3. The molecule has 0 radical (unpaired) electrons. The van der Waals surface area contributed by atoms with Crippen LogP contribution < -0.4 is 4.90 Å². The molecule has 6 heteroatoms. The molecule has 1 aliphatic heterocycles. The number of hydrogen-bond acceptors (Lipinski definition) is 5. The van der Waals surface area contributed by atoms with E-state index in [0.29, 0.717) is 19.6 Å². The van der Waals surface area contributed by atoms with Gasteiger partial charge in [0.05, 0.1) is 6.61 Å². The first-order valence-electron chi connectivity index (χ1n) is 7.55. The second-order valence-corrected chi connectivity index (χ2v) is 6.66. The van der Waals surface area contributed by atoms with E-state index in [2.05, 4.69) is 4.98 Å². The topological polar surface area (TPSA) is 65.9 Å². The molecule has 1 aromatic rings. The van der Waals surface area contributed by atoms with Crippen molar-refractivity contribution < 1.29 is 14.6 Å². The molecular formula is C16H25N3O3. The highest BCUT2D eigenvalue weighted by molar-refractivity contribution is 5.70. The predicted octanol–water partition coefficient (Wildman–Crippen LogP) is 1.84. The van der Waals surface area contributed by atoms with Crippen LogP contribution in [0.3, 0.4) is 0 Å². The molecule has 1 fully saturated rings. The van der Waals surface area contributed by atoms with Crippen molar-refractivity contribution in [2.45, 2.75) is 32.3 Å². The van der Waals surface area contributed by atoms with Gasteiger partial charge in [0.25, 0.3) is 0 Å². The molecule has 6 nitrogen and oxygen atoms in total. The number of carbonyl (C=O) groups excluding carboxylic acids is 1. The first-order valence-corrected chi connectivity index (χ1v) is 7.55. The molecule has 1 saturated heterocycles. The van der Waals surface area contributed by atoms with Gasteiger partial charge in [0.1, 0.15) is 5.60 Å². The highest BCUT2D eigenvalue weighted by Crippen LogP contribution is 2.33. The van der Waals surface area contributed by atoms with Gasteiger partial charge in [-0.3, -0.25) is 4.98 Å². The highest BCUT2D eigenvalue weighted by atomic mass is 16.6. The fourth-order valence-corrected chi connectivity index (χ4v) is 2.48. The lowest BCUT2D eigenvalue weighted by Gasteiger charge is -2.41. The van der Waals surface area contributed by atoms with Crippen LogP contribution in [0.2, 0.25) is 0 Å². The maximum absolute atomic E-state index is 12.0. The molecule has 1 aromatic heterocycles. The van der Waals surface area contributed by atoms with E-state index >= 15 is 0 Å². The first kappa shape index (κ1) is 16.5. The first-order chi connectivity index (χ1) is 10.3. The molecule has 2 heterocycles. The van der Waals surface area contributed by atoms with Crippen LogP contribution in [0.15, 0.2) is 18.5 Å². The number of ether oxygens (including phenoxy) is 1. The number of aliphatic hydroxyl groups excluding tert-OH is 1. The van der Waals surface area contributed by atoms with Crippen LogP contribution in [0, 0.1) is 0 Å². The van der Waals surface area contributed by atoms with Crippen LogP contribution in [0.25, 0.3) is 0 Å². The Morgan fingerprint density at radius 2 is 2.18 bits per heavy atom. The summed E-state index contributed by atoms with van der Waals surface area (Å²) in [7, 11) is 1.94. The van der Waals surface area contributed by atoms with Crippen molar-refractivity contribution in [3.63, 3.8) is 0 Å². The monoisotopic (exact) mass is 307 g/mol. The van der Waals surface area contributed by atoms with E-state index in [9.17, 15) is 4.79 Å². The molecule has 0 unspecified atom stereocenters. The molecule has 22 heavy (non-hydrogen) atoms. The summed E-state index contributed by atoms with van der Waals surface area (Å²) in [6, 6.07) is 1.95. The van der Waals surface area contributed by atoms with Gasteiger partial charge in [0.2, 0.25) is 0 Å². The van der Waals surface area contributed by atoms with Crippen LogP contribution in [-0.2, 0) is 4.74 Å². The predicted molar refractivity (Wildman–Crippen MR) is 85.1 cm³/mol. The summed E-state index contributed by atoms with van der Waals surface area (Å²) >= 11 is 0. The van der Waals surface area contributed by atoms with E-state index in [1.807, 2.05) is 45.0 Å². The summed E-state index contributed by atoms with van der Waals surface area (Å²) in [5.41, 5.74) is 1.69. The number of hydrogen-bond donors (Lipinski definition) is 1. The van der Waals surface area contributed by atoms with Gasteiger partial charge in [-0.15, -0.1) is 0 Å². The van der Waals surface area contributed by atoms with Crippen molar-refractivity contribution in [2.75, 3.05) is 38.2 Å². The smallest absolute Gasteiger partial charge is 0.410 e. The maximum atomic E-state index is 12.0. The zero-order valence-corrected chi connectivity index (χ0v) is 13.7. The van der Waals surface area contributed by atoms with Crippen LogP contribution in [0.1, 0.15) is 32.3 Å². The summed E-state index contributed by atoms with van der Waals surface area (Å²) in [5, 5.41) is 9.09. The molecule has 1 amide bonds. The van der Waals surface area contributed by atoms with Crippen LogP contribution in [0.5, 0.6) is 0 Å². The molecule has 122 valence electrons. The fourth-order valence-electron chi connectivity index (χ4n) is 2.48. The van der Waals surface area contributed by atoms with E-state index in [1.165, 1.54) is 0 Å². The Morgan fingerprint density at radius 1 is 1.50 bits per heavy atom. The molecule has 0 bridgehead atoms. The number of anilines is 1. The minimum atomic E-state index is -0.469. The van der Waals surface area contributed by atoms with Crippen molar-refractivity contribution in [3.8, 4) is 0 Å². The van der Waals surface area contributed by atoms with Crippen LogP contribution >= 0.6 is 0 Å². The molecule has 1 aliphatic rings. The zero-order chi connectivity index (χ0) is 16.3. The number of carbonyl (C=O) groups is 1.